The Balaban J connectivity index is 2.12. The molecule has 0 saturated carbocycles. The summed E-state index contributed by atoms with van der Waals surface area (Å²) in [5.74, 6) is -0.387. The average molecular weight is 346 g/mol. The zero-order chi connectivity index (χ0) is 17.6. The SMILES string of the molecule is CCCC(N)C(=O)Nc1cccc(CS(=O)(=O)c2ccccc2)c1. The molecule has 0 bridgehead atoms. The van der Waals surface area contributed by atoms with Gasteiger partial charge in [0, 0.05) is 5.69 Å². The van der Waals surface area contributed by atoms with Crippen LogP contribution in [0.3, 0.4) is 0 Å². The van der Waals surface area contributed by atoms with Crippen molar-refractivity contribution < 1.29 is 13.2 Å². The minimum atomic E-state index is -3.42. The smallest absolute Gasteiger partial charge is 0.241 e. The van der Waals surface area contributed by atoms with E-state index in [1.165, 1.54) is 0 Å². The number of benzene rings is 2. The van der Waals surface area contributed by atoms with Gasteiger partial charge in [-0.3, -0.25) is 4.79 Å². The van der Waals surface area contributed by atoms with Crippen molar-refractivity contribution in [3.05, 3.63) is 60.2 Å². The lowest BCUT2D eigenvalue weighted by Gasteiger charge is -2.12. The average Bonchev–Trinajstić information content (AvgIpc) is 2.56. The molecule has 24 heavy (non-hydrogen) atoms. The molecule has 2 aromatic rings. The Labute approximate surface area is 142 Å². The zero-order valence-corrected chi connectivity index (χ0v) is 14.4. The molecule has 0 heterocycles. The molecule has 5 nitrogen and oxygen atoms in total. The van der Waals surface area contributed by atoms with Gasteiger partial charge in [0.2, 0.25) is 5.91 Å². The van der Waals surface area contributed by atoms with Crippen molar-refractivity contribution in [2.45, 2.75) is 36.5 Å². The van der Waals surface area contributed by atoms with E-state index < -0.39 is 15.9 Å². The predicted octanol–water partition coefficient (Wildman–Crippen LogP) is 2.73. The van der Waals surface area contributed by atoms with Crippen LogP contribution in [0.2, 0.25) is 0 Å². The second-order valence-corrected chi connectivity index (χ2v) is 7.65. The Morgan fingerprint density at radius 3 is 2.50 bits per heavy atom. The van der Waals surface area contributed by atoms with Crippen LogP contribution in [0.1, 0.15) is 25.3 Å². The van der Waals surface area contributed by atoms with Crippen LogP contribution in [-0.4, -0.2) is 20.4 Å². The van der Waals surface area contributed by atoms with Gasteiger partial charge in [0.1, 0.15) is 0 Å². The molecular weight excluding hydrogens is 324 g/mol. The van der Waals surface area contributed by atoms with E-state index in [9.17, 15) is 13.2 Å². The van der Waals surface area contributed by atoms with Crippen molar-refractivity contribution in [1.29, 1.82) is 0 Å². The molecule has 0 fully saturated rings. The first-order valence-electron chi connectivity index (χ1n) is 7.85. The summed E-state index contributed by atoms with van der Waals surface area (Å²) < 4.78 is 24.8. The van der Waals surface area contributed by atoms with Crippen LogP contribution in [0.15, 0.2) is 59.5 Å². The minimum Gasteiger partial charge on any atom is -0.325 e. The van der Waals surface area contributed by atoms with Crippen molar-refractivity contribution in [2.24, 2.45) is 5.73 Å². The zero-order valence-electron chi connectivity index (χ0n) is 13.6. The van der Waals surface area contributed by atoms with Gasteiger partial charge in [0.25, 0.3) is 0 Å². The third-order valence-electron chi connectivity index (χ3n) is 3.59. The standard InChI is InChI=1S/C18H22N2O3S/c1-2-7-17(19)18(21)20-15-9-6-8-14(12-15)13-24(22,23)16-10-4-3-5-11-16/h3-6,8-12,17H,2,7,13,19H2,1H3,(H,20,21). The lowest BCUT2D eigenvalue weighted by molar-refractivity contribution is -0.117. The van der Waals surface area contributed by atoms with Gasteiger partial charge in [-0.15, -0.1) is 0 Å². The molecule has 2 aromatic carbocycles. The first-order valence-corrected chi connectivity index (χ1v) is 9.51. The highest BCUT2D eigenvalue weighted by atomic mass is 32.2. The summed E-state index contributed by atoms with van der Waals surface area (Å²) in [5.41, 5.74) is 6.94. The molecule has 6 heteroatoms. The van der Waals surface area contributed by atoms with Crippen molar-refractivity contribution in [1.82, 2.24) is 0 Å². The summed E-state index contributed by atoms with van der Waals surface area (Å²) in [4.78, 5) is 12.2. The number of nitrogens with one attached hydrogen (secondary N) is 1. The molecule has 1 amide bonds. The van der Waals surface area contributed by atoms with Crippen molar-refractivity contribution in [3.63, 3.8) is 0 Å². The van der Waals surface area contributed by atoms with E-state index >= 15 is 0 Å². The number of carbonyl (C=O) groups excluding carboxylic acids is 1. The summed E-state index contributed by atoms with van der Waals surface area (Å²) in [6.45, 7) is 1.96. The molecule has 0 aliphatic carbocycles. The fraction of sp³-hybridized carbons (Fsp3) is 0.278. The van der Waals surface area contributed by atoms with Gasteiger partial charge in [0.05, 0.1) is 16.7 Å². The van der Waals surface area contributed by atoms with Crippen molar-refractivity contribution >= 4 is 21.4 Å². The Morgan fingerprint density at radius 2 is 1.83 bits per heavy atom. The Kier molecular flexibility index (Phi) is 6.11. The number of hydrogen-bond donors (Lipinski definition) is 2. The summed E-state index contributed by atoms with van der Waals surface area (Å²) in [6.07, 6.45) is 1.43. The molecule has 1 unspecified atom stereocenters. The highest BCUT2D eigenvalue weighted by Gasteiger charge is 2.16. The monoisotopic (exact) mass is 346 g/mol. The van der Waals surface area contributed by atoms with Crippen LogP contribution in [0.4, 0.5) is 5.69 Å². The lowest BCUT2D eigenvalue weighted by Crippen LogP contribution is -2.35. The molecule has 0 spiro atoms. The van der Waals surface area contributed by atoms with Gasteiger partial charge in [-0.25, -0.2) is 8.42 Å². The summed E-state index contributed by atoms with van der Waals surface area (Å²) in [7, 11) is -3.42. The number of sulfone groups is 1. The van der Waals surface area contributed by atoms with E-state index in [0.29, 0.717) is 17.7 Å². The molecule has 0 aliphatic rings. The molecular formula is C18H22N2O3S. The third kappa shape index (κ3) is 4.91. The predicted molar refractivity (Wildman–Crippen MR) is 95.3 cm³/mol. The molecule has 0 radical (unpaired) electrons. The Hall–Kier alpha value is -2.18. The van der Waals surface area contributed by atoms with E-state index in [-0.39, 0.29) is 16.6 Å². The second-order valence-electron chi connectivity index (χ2n) is 5.66. The maximum absolute atomic E-state index is 12.4. The summed E-state index contributed by atoms with van der Waals surface area (Å²) >= 11 is 0. The maximum Gasteiger partial charge on any atom is 0.241 e. The van der Waals surface area contributed by atoms with Crippen LogP contribution < -0.4 is 11.1 Å². The van der Waals surface area contributed by atoms with E-state index in [0.717, 1.165) is 6.42 Å². The van der Waals surface area contributed by atoms with Gasteiger partial charge >= 0.3 is 0 Å². The van der Waals surface area contributed by atoms with E-state index in [1.54, 1.807) is 54.6 Å². The van der Waals surface area contributed by atoms with Crippen LogP contribution in [0.5, 0.6) is 0 Å². The summed E-state index contributed by atoms with van der Waals surface area (Å²) in [6, 6.07) is 14.6. The van der Waals surface area contributed by atoms with Crippen LogP contribution >= 0.6 is 0 Å². The molecule has 2 rings (SSSR count). The number of amides is 1. The summed E-state index contributed by atoms with van der Waals surface area (Å²) in [5, 5.41) is 2.73. The quantitative estimate of drug-likeness (QED) is 0.807. The first-order chi connectivity index (χ1) is 11.4. The second kappa shape index (κ2) is 8.08. The normalized spacial score (nSPS) is 12.6. The molecule has 128 valence electrons. The van der Waals surface area contributed by atoms with Gasteiger partial charge in [-0.05, 0) is 36.2 Å². The van der Waals surface area contributed by atoms with Gasteiger partial charge in [-0.1, -0.05) is 43.7 Å². The van der Waals surface area contributed by atoms with E-state index in [4.69, 9.17) is 5.73 Å². The number of hydrogen-bond acceptors (Lipinski definition) is 4. The van der Waals surface area contributed by atoms with Crippen LogP contribution in [0, 0.1) is 0 Å². The number of nitrogens with two attached hydrogens (primary N) is 1. The molecule has 0 aliphatic heterocycles. The Bertz CT molecular complexity index is 789. The lowest BCUT2D eigenvalue weighted by atomic mass is 10.1. The van der Waals surface area contributed by atoms with Gasteiger partial charge in [-0.2, -0.15) is 0 Å². The number of anilines is 1. The van der Waals surface area contributed by atoms with Crippen molar-refractivity contribution in [3.8, 4) is 0 Å². The number of carbonyl (C=O) groups is 1. The maximum atomic E-state index is 12.4. The molecule has 1 atom stereocenters. The van der Waals surface area contributed by atoms with Gasteiger partial charge in [0.15, 0.2) is 9.84 Å². The fourth-order valence-corrected chi connectivity index (χ4v) is 3.70. The third-order valence-corrected chi connectivity index (χ3v) is 5.29. The molecule has 0 aromatic heterocycles. The van der Waals surface area contributed by atoms with Crippen LogP contribution in [-0.2, 0) is 20.4 Å². The molecule has 0 saturated heterocycles. The van der Waals surface area contributed by atoms with Crippen molar-refractivity contribution in [2.75, 3.05) is 5.32 Å². The minimum absolute atomic E-state index is 0.123. The Morgan fingerprint density at radius 1 is 1.12 bits per heavy atom. The topological polar surface area (TPSA) is 89.3 Å². The molecule has 3 N–H and O–H groups in total. The fourth-order valence-electron chi connectivity index (χ4n) is 2.35. The number of rotatable bonds is 7. The van der Waals surface area contributed by atoms with Crippen LogP contribution in [0.25, 0.3) is 0 Å². The van der Waals surface area contributed by atoms with E-state index in [2.05, 4.69) is 5.32 Å². The highest BCUT2D eigenvalue weighted by molar-refractivity contribution is 7.90. The largest absolute Gasteiger partial charge is 0.325 e. The van der Waals surface area contributed by atoms with E-state index in [1.807, 2.05) is 6.92 Å². The van der Waals surface area contributed by atoms with Gasteiger partial charge < -0.3 is 11.1 Å². The highest BCUT2D eigenvalue weighted by Crippen LogP contribution is 2.19. The first kappa shape index (κ1) is 18.2.